The van der Waals surface area contributed by atoms with E-state index in [9.17, 15) is 15.0 Å². The van der Waals surface area contributed by atoms with E-state index in [0.717, 1.165) is 0 Å². The molecule has 0 amide bonds. The first-order chi connectivity index (χ1) is 13.0. The SMILES string of the molecule is C=Cc1cccc2c1C(=O)OC21c2ccc(O)cc2Oc2cc(O)ccc21. The molecule has 5 nitrogen and oxygen atoms in total. The Bertz CT molecular complexity index is 1090. The van der Waals surface area contributed by atoms with E-state index >= 15 is 0 Å². The zero-order valence-electron chi connectivity index (χ0n) is 14.1. The number of phenols is 2. The van der Waals surface area contributed by atoms with Crippen LogP contribution in [-0.2, 0) is 10.3 Å². The van der Waals surface area contributed by atoms with Crippen LogP contribution in [0.25, 0.3) is 6.08 Å². The molecular weight excluding hydrogens is 344 g/mol. The maximum Gasteiger partial charge on any atom is 0.340 e. The third-order valence-electron chi connectivity index (χ3n) is 5.05. The molecule has 2 aliphatic rings. The molecule has 2 heterocycles. The van der Waals surface area contributed by atoms with E-state index in [-0.39, 0.29) is 11.5 Å². The average Bonchev–Trinajstić information content (AvgIpc) is 2.95. The minimum Gasteiger partial charge on any atom is -0.508 e. The number of aromatic hydroxyl groups is 2. The molecule has 0 bridgehead atoms. The highest BCUT2D eigenvalue weighted by Gasteiger charge is 2.54. The van der Waals surface area contributed by atoms with Crippen LogP contribution in [0.1, 0.15) is 32.6 Å². The molecule has 0 fully saturated rings. The van der Waals surface area contributed by atoms with Gasteiger partial charge in [0, 0.05) is 28.8 Å². The first kappa shape index (κ1) is 15.5. The zero-order valence-corrected chi connectivity index (χ0v) is 14.1. The van der Waals surface area contributed by atoms with Crippen LogP contribution in [0.3, 0.4) is 0 Å². The Labute approximate surface area is 154 Å². The first-order valence-electron chi connectivity index (χ1n) is 8.38. The number of benzene rings is 3. The standard InChI is InChI=1S/C22H14O5/c1-2-12-4-3-5-17-20(12)21(25)27-22(17)15-8-6-13(23)10-18(15)26-19-11-14(24)7-9-16(19)22/h2-11,23-24H,1H2. The molecule has 3 aromatic rings. The van der Waals surface area contributed by atoms with Crippen molar-refractivity contribution >= 4 is 12.0 Å². The van der Waals surface area contributed by atoms with Crippen LogP contribution in [0.2, 0.25) is 0 Å². The van der Waals surface area contributed by atoms with Crippen molar-refractivity contribution in [2.24, 2.45) is 0 Å². The highest BCUT2D eigenvalue weighted by molar-refractivity contribution is 6.00. The van der Waals surface area contributed by atoms with E-state index in [1.165, 1.54) is 24.3 Å². The quantitative estimate of drug-likeness (QED) is 0.634. The van der Waals surface area contributed by atoms with Crippen LogP contribution in [0.5, 0.6) is 23.0 Å². The molecule has 2 N–H and O–H groups in total. The van der Waals surface area contributed by atoms with Crippen LogP contribution in [0.4, 0.5) is 0 Å². The van der Waals surface area contributed by atoms with Gasteiger partial charge in [0.05, 0.1) is 5.56 Å². The smallest absolute Gasteiger partial charge is 0.340 e. The van der Waals surface area contributed by atoms with Crippen molar-refractivity contribution in [1.82, 2.24) is 0 Å². The lowest BCUT2D eigenvalue weighted by molar-refractivity contribution is 0.0224. The Morgan fingerprint density at radius 1 is 0.889 bits per heavy atom. The summed E-state index contributed by atoms with van der Waals surface area (Å²) in [5.74, 6) is 0.310. The molecule has 0 atom stereocenters. The second-order valence-electron chi connectivity index (χ2n) is 6.51. The number of phenolic OH excluding ortho intramolecular Hbond substituents is 2. The summed E-state index contributed by atoms with van der Waals surface area (Å²) in [5, 5.41) is 19.8. The molecule has 2 aliphatic heterocycles. The largest absolute Gasteiger partial charge is 0.508 e. The summed E-state index contributed by atoms with van der Waals surface area (Å²) < 4.78 is 11.9. The number of fused-ring (bicyclic) bond motifs is 6. The summed E-state index contributed by atoms with van der Waals surface area (Å²) >= 11 is 0. The molecular formula is C22H14O5. The van der Waals surface area contributed by atoms with Gasteiger partial charge in [-0.05, 0) is 29.8 Å². The molecule has 1 spiro atoms. The number of esters is 1. The van der Waals surface area contributed by atoms with Crippen molar-refractivity contribution in [3.63, 3.8) is 0 Å². The van der Waals surface area contributed by atoms with E-state index in [4.69, 9.17) is 9.47 Å². The summed E-state index contributed by atoms with van der Waals surface area (Å²) in [7, 11) is 0. The fraction of sp³-hybridized carbons (Fsp3) is 0.0455. The molecule has 0 aliphatic carbocycles. The summed E-state index contributed by atoms with van der Waals surface area (Å²) in [6.07, 6.45) is 1.62. The van der Waals surface area contributed by atoms with Gasteiger partial charge < -0.3 is 19.7 Å². The minimum absolute atomic E-state index is 0.0249. The second-order valence-corrected chi connectivity index (χ2v) is 6.51. The number of carbonyl (C=O) groups excluding carboxylic acids is 1. The molecule has 0 aromatic heterocycles. The van der Waals surface area contributed by atoms with Crippen LogP contribution in [-0.4, -0.2) is 16.2 Å². The van der Waals surface area contributed by atoms with Crippen molar-refractivity contribution in [3.8, 4) is 23.0 Å². The zero-order chi connectivity index (χ0) is 18.8. The maximum atomic E-state index is 12.9. The Hall–Kier alpha value is -3.73. The summed E-state index contributed by atoms with van der Waals surface area (Å²) in [6, 6.07) is 14.8. The van der Waals surface area contributed by atoms with Crippen molar-refractivity contribution in [2.75, 3.05) is 0 Å². The highest BCUT2D eigenvalue weighted by atomic mass is 16.6. The number of hydrogen-bond acceptors (Lipinski definition) is 5. The Morgan fingerprint density at radius 3 is 2.11 bits per heavy atom. The molecule has 5 rings (SSSR count). The van der Waals surface area contributed by atoms with E-state index < -0.39 is 11.6 Å². The van der Waals surface area contributed by atoms with Gasteiger partial charge in [-0.1, -0.05) is 30.9 Å². The topological polar surface area (TPSA) is 76.0 Å². The highest BCUT2D eigenvalue weighted by Crippen LogP contribution is 2.57. The van der Waals surface area contributed by atoms with Crippen LogP contribution in [0.15, 0.2) is 61.2 Å². The molecule has 27 heavy (non-hydrogen) atoms. The molecule has 3 aromatic carbocycles. The Morgan fingerprint density at radius 2 is 1.52 bits per heavy atom. The van der Waals surface area contributed by atoms with Gasteiger partial charge in [0.25, 0.3) is 0 Å². The van der Waals surface area contributed by atoms with Gasteiger partial charge in [-0.25, -0.2) is 4.79 Å². The van der Waals surface area contributed by atoms with Crippen molar-refractivity contribution < 1.29 is 24.5 Å². The molecule has 0 radical (unpaired) electrons. The van der Waals surface area contributed by atoms with Crippen LogP contribution >= 0.6 is 0 Å². The first-order valence-corrected chi connectivity index (χ1v) is 8.38. The van der Waals surface area contributed by atoms with Gasteiger partial charge in [-0.2, -0.15) is 0 Å². The fourth-order valence-corrected chi connectivity index (χ4v) is 3.94. The van der Waals surface area contributed by atoms with Crippen molar-refractivity contribution in [3.05, 3.63) is 89.0 Å². The molecule has 0 saturated carbocycles. The van der Waals surface area contributed by atoms with Crippen molar-refractivity contribution in [1.29, 1.82) is 0 Å². The number of ether oxygens (including phenoxy) is 2. The van der Waals surface area contributed by atoms with Gasteiger partial charge in [-0.3, -0.25) is 0 Å². The second kappa shape index (κ2) is 5.14. The van der Waals surface area contributed by atoms with E-state index in [2.05, 4.69) is 6.58 Å². The molecule has 132 valence electrons. The number of hydrogen-bond donors (Lipinski definition) is 2. The molecule has 0 saturated heterocycles. The van der Waals surface area contributed by atoms with E-state index in [1.54, 1.807) is 24.3 Å². The minimum atomic E-state index is -1.23. The summed E-state index contributed by atoms with van der Waals surface area (Å²) in [6.45, 7) is 3.79. The third kappa shape index (κ3) is 1.91. The lowest BCUT2D eigenvalue weighted by atomic mass is 9.77. The molecule has 0 unspecified atom stereocenters. The van der Waals surface area contributed by atoms with Gasteiger partial charge in [0.15, 0.2) is 5.60 Å². The van der Waals surface area contributed by atoms with Crippen LogP contribution < -0.4 is 4.74 Å². The lowest BCUT2D eigenvalue weighted by Crippen LogP contribution is -2.32. The van der Waals surface area contributed by atoms with Crippen molar-refractivity contribution in [2.45, 2.75) is 5.60 Å². The van der Waals surface area contributed by atoms with Gasteiger partial charge >= 0.3 is 5.97 Å². The number of carbonyl (C=O) groups is 1. The average molecular weight is 358 g/mol. The van der Waals surface area contributed by atoms with Gasteiger partial charge in [0.1, 0.15) is 23.0 Å². The van der Waals surface area contributed by atoms with Crippen LogP contribution in [0, 0.1) is 0 Å². The third-order valence-corrected chi connectivity index (χ3v) is 5.05. The predicted octanol–water partition coefficient (Wildman–Crippen LogP) is 4.31. The predicted molar refractivity (Wildman–Crippen MR) is 98.1 cm³/mol. The monoisotopic (exact) mass is 358 g/mol. The lowest BCUT2D eigenvalue weighted by Gasteiger charge is -2.36. The fourth-order valence-electron chi connectivity index (χ4n) is 3.94. The molecule has 5 heteroatoms. The van der Waals surface area contributed by atoms with E-state index in [1.807, 2.05) is 12.1 Å². The van der Waals surface area contributed by atoms with Gasteiger partial charge in [0.2, 0.25) is 0 Å². The maximum absolute atomic E-state index is 12.9. The van der Waals surface area contributed by atoms with E-state index in [0.29, 0.717) is 39.3 Å². The summed E-state index contributed by atoms with van der Waals surface area (Å²) in [5.41, 5.74) is 1.79. The Balaban J connectivity index is 1.92. The van der Waals surface area contributed by atoms with Gasteiger partial charge in [-0.15, -0.1) is 0 Å². The normalized spacial score (nSPS) is 15.3. The Kier molecular flexibility index (Phi) is 2.95. The summed E-state index contributed by atoms with van der Waals surface area (Å²) in [4.78, 5) is 12.9. The number of rotatable bonds is 1.